The van der Waals surface area contributed by atoms with Crippen molar-refractivity contribution in [3.8, 4) is 11.3 Å². The molecule has 0 radical (unpaired) electrons. The number of benzene rings is 2. The van der Waals surface area contributed by atoms with Crippen LogP contribution in [-0.2, 0) is 18.2 Å². The summed E-state index contributed by atoms with van der Waals surface area (Å²) in [6.45, 7) is 2.30. The summed E-state index contributed by atoms with van der Waals surface area (Å²) >= 11 is 0. The lowest BCUT2D eigenvalue weighted by Gasteiger charge is -2.10. The Hall–Kier alpha value is -4.00. The molecule has 0 aliphatic heterocycles. The van der Waals surface area contributed by atoms with E-state index in [1.54, 1.807) is 22.9 Å². The van der Waals surface area contributed by atoms with Gasteiger partial charge in [0, 0.05) is 19.2 Å². The van der Waals surface area contributed by atoms with E-state index < -0.39 is 0 Å². The highest BCUT2D eigenvalue weighted by Crippen LogP contribution is 2.26. The zero-order valence-corrected chi connectivity index (χ0v) is 18.3. The van der Waals surface area contributed by atoms with Crippen LogP contribution in [0, 0.1) is 6.92 Å². The number of methoxy groups -OCH3 is 1. The molecule has 7 heteroatoms. The first-order valence-corrected chi connectivity index (χ1v) is 10.3. The lowest BCUT2D eigenvalue weighted by molar-refractivity contribution is 0.0600. The first-order chi connectivity index (χ1) is 15.5. The lowest BCUT2D eigenvalue weighted by Crippen LogP contribution is -2.26. The van der Waals surface area contributed by atoms with Crippen LogP contribution in [0.4, 0.5) is 0 Å². The molecule has 7 nitrogen and oxygen atoms in total. The Morgan fingerprint density at radius 2 is 1.84 bits per heavy atom. The first-order valence-electron chi connectivity index (χ1n) is 10.3. The summed E-state index contributed by atoms with van der Waals surface area (Å²) in [7, 11) is 3.18. The molecule has 1 N–H and O–H groups in total. The first kappa shape index (κ1) is 21.2. The van der Waals surface area contributed by atoms with Crippen molar-refractivity contribution in [2.24, 2.45) is 7.05 Å². The van der Waals surface area contributed by atoms with Crippen LogP contribution in [0.25, 0.3) is 22.3 Å². The third kappa shape index (κ3) is 4.23. The van der Waals surface area contributed by atoms with Gasteiger partial charge < -0.3 is 10.1 Å². The van der Waals surface area contributed by atoms with E-state index in [2.05, 4.69) is 10.4 Å². The Kier molecular flexibility index (Phi) is 5.98. The number of aryl methyl sites for hydroxylation is 2. The normalized spacial score (nSPS) is 10.8. The Balaban J connectivity index is 1.59. The highest BCUT2D eigenvalue weighted by atomic mass is 16.5. The molecule has 2 aromatic heterocycles. The van der Waals surface area contributed by atoms with Gasteiger partial charge in [0.15, 0.2) is 5.65 Å². The molecule has 0 unspecified atom stereocenters. The van der Waals surface area contributed by atoms with Gasteiger partial charge in [-0.1, -0.05) is 42.5 Å². The molecule has 0 saturated heterocycles. The van der Waals surface area contributed by atoms with E-state index in [9.17, 15) is 9.59 Å². The second-order valence-electron chi connectivity index (χ2n) is 7.53. The quantitative estimate of drug-likeness (QED) is 0.473. The Morgan fingerprint density at radius 1 is 1.06 bits per heavy atom. The number of hydrogen-bond acceptors (Lipinski definition) is 5. The van der Waals surface area contributed by atoms with E-state index >= 15 is 0 Å². The van der Waals surface area contributed by atoms with Crippen LogP contribution in [0.15, 0.2) is 60.7 Å². The molecule has 0 bridgehead atoms. The molecule has 4 aromatic rings. The summed E-state index contributed by atoms with van der Waals surface area (Å²) in [5.74, 6) is -0.564. The number of carbonyl (C=O) groups excluding carboxylic acids is 2. The van der Waals surface area contributed by atoms with E-state index in [1.807, 2.05) is 56.4 Å². The van der Waals surface area contributed by atoms with Crippen LogP contribution in [0.1, 0.15) is 32.0 Å². The molecule has 0 aliphatic carbocycles. The molecule has 162 valence electrons. The van der Waals surface area contributed by atoms with Crippen molar-refractivity contribution in [1.82, 2.24) is 20.1 Å². The summed E-state index contributed by atoms with van der Waals surface area (Å²) in [5, 5.41) is 8.21. The average Bonchev–Trinajstić information content (AvgIpc) is 3.12. The standard InChI is InChI=1S/C25H24N4O3/c1-16-22-20(15-21(18-9-5-4-6-10-18)27-23(22)29(2)28-16)24(30)26-13-12-17-8-7-11-19(14-17)25(31)32-3/h4-11,14-15H,12-13H2,1-3H3,(H,26,30). The lowest BCUT2D eigenvalue weighted by atomic mass is 10.0. The van der Waals surface area contributed by atoms with E-state index in [-0.39, 0.29) is 11.9 Å². The van der Waals surface area contributed by atoms with Gasteiger partial charge in [0.2, 0.25) is 0 Å². The summed E-state index contributed by atoms with van der Waals surface area (Å²) in [5.41, 5.74) is 5.05. The van der Waals surface area contributed by atoms with Gasteiger partial charge in [0.1, 0.15) is 0 Å². The van der Waals surface area contributed by atoms with Gasteiger partial charge in [-0.05, 0) is 37.1 Å². The van der Waals surface area contributed by atoms with Gasteiger partial charge in [-0.15, -0.1) is 0 Å². The fraction of sp³-hybridized carbons (Fsp3) is 0.200. The van der Waals surface area contributed by atoms with Crippen molar-refractivity contribution in [2.45, 2.75) is 13.3 Å². The number of ether oxygens (including phenoxy) is 1. The molecule has 32 heavy (non-hydrogen) atoms. The van der Waals surface area contributed by atoms with Gasteiger partial charge in [0.25, 0.3) is 5.91 Å². The molecular weight excluding hydrogens is 404 g/mol. The predicted octanol–water partition coefficient (Wildman–Crippen LogP) is 3.70. The summed E-state index contributed by atoms with van der Waals surface area (Å²) in [6.07, 6.45) is 0.586. The van der Waals surface area contributed by atoms with Gasteiger partial charge >= 0.3 is 5.97 Å². The molecule has 2 aromatic carbocycles. The van der Waals surface area contributed by atoms with Crippen molar-refractivity contribution in [3.63, 3.8) is 0 Å². The zero-order valence-electron chi connectivity index (χ0n) is 18.3. The van der Waals surface area contributed by atoms with Crippen LogP contribution in [0.5, 0.6) is 0 Å². The Bertz CT molecular complexity index is 1300. The van der Waals surface area contributed by atoms with Crippen molar-refractivity contribution < 1.29 is 14.3 Å². The van der Waals surface area contributed by atoms with Gasteiger partial charge in [0.05, 0.1) is 35.0 Å². The third-order valence-corrected chi connectivity index (χ3v) is 5.33. The smallest absolute Gasteiger partial charge is 0.337 e. The maximum absolute atomic E-state index is 13.2. The number of hydrogen-bond donors (Lipinski definition) is 1. The van der Waals surface area contributed by atoms with E-state index in [4.69, 9.17) is 9.72 Å². The van der Waals surface area contributed by atoms with Crippen LogP contribution in [0.3, 0.4) is 0 Å². The number of fused-ring (bicyclic) bond motifs is 1. The number of nitrogens with zero attached hydrogens (tertiary/aromatic N) is 3. The second kappa shape index (κ2) is 9.01. The fourth-order valence-electron chi connectivity index (χ4n) is 3.77. The zero-order chi connectivity index (χ0) is 22.7. The van der Waals surface area contributed by atoms with E-state index in [0.29, 0.717) is 29.7 Å². The minimum Gasteiger partial charge on any atom is -0.465 e. The monoisotopic (exact) mass is 428 g/mol. The van der Waals surface area contributed by atoms with Crippen molar-refractivity contribution in [1.29, 1.82) is 0 Å². The average molecular weight is 428 g/mol. The maximum Gasteiger partial charge on any atom is 0.337 e. The van der Waals surface area contributed by atoms with Gasteiger partial charge in [-0.2, -0.15) is 5.10 Å². The molecule has 0 saturated carbocycles. The predicted molar refractivity (Wildman–Crippen MR) is 123 cm³/mol. The number of aromatic nitrogens is 3. The molecule has 0 aliphatic rings. The topological polar surface area (TPSA) is 86.1 Å². The Morgan fingerprint density at radius 3 is 2.59 bits per heavy atom. The minimum absolute atomic E-state index is 0.185. The number of amides is 1. The molecule has 0 spiro atoms. The summed E-state index contributed by atoms with van der Waals surface area (Å²) in [6, 6.07) is 18.8. The molecule has 0 fully saturated rings. The number of esters is 1. The summed E-state index contributed by atoms with van der Waals surface area (Å²) in [4.78, 5) is 29.6. The van der Waals surface area contributed by atoms with E-state index in [1.165, 1.54) is 7.11 Å². The van der Waals surface area contributed by atoms with Crippen LogP contribution < -0.4 is 5.32 Å². The van der Waals surface area contributed by atoms with Gasteiger partial charge in [-0.3, -0.25) is 9.48 Å². The van der Waals surface area contributed by atoms with Crippen molar-refractivity contribution >= 4 is 22.9 Å². The van der Waals surface area contributed by atoms with Gasteiger partial charge in [-0.25, -0.2) is 9.78 Å². The number of carbonyl (C=O) groups is 2. The SMILES string of the molecule is COC(=O)c1cccc(CCNC(=O)c2cc(-c3ccccc3)nc3c2c(C)nn3C)c1. The highest BCUT2D eigenvalue weighted by molar-refractivity contribution is 6.07. The third-order valence-electron chi connectivity index (χ3n) is 5.33. The van der Waals surface area contributed by atoms with Crippen LogP contribution >= 0.6 is 0 Å². The Labute approximate surface area is 186 Å². The number of nitrogens with one attached hydrogen (secondary N) is 1. The largest absolute Gasteiger partial charge is 0.465 e. The van der Waals surface area contributed by atoms with Crippen LogP contribution in [-0.4, -0.2) is 40.3 Å². The second-order valence-corrected chi connectivity index (χ2v) is 7.53. The molecule has 4 rings (SSSR count). The minimum atomic E-state index is -0.379. The van der Waals surface area contributed by atoms with E-state index in [0.717, 1.165) is 27.9 Å². The van der Waals surface area contributed by atoms with Crippen molar-refractivity contribution in [3.05, 3.63) is 83.0 Å². The highest BCUT2D eigenvalue weighted by Gasteiger charge is 2.19. The molecule has 0 atom stereocenters. The fourth-order valence-corrected chi connectivity index (χ4v) is 3.77. The number of pyridine rings is 1. The van der Waals surface area contributed by atoms with Crippen molar-refractivity contribution in [2.75, 3.05) is 13.7 Å². The molecular formula is C25H24N4O3. The maximum atomic E-state index is 13.2. The number of rotatable bonds is 6. The molecule has 1 amide bonds. The molecule has 2 heterocycles. The summed E-state index contributed by atoms with van der Waals surface area (Å²) < 4.78 is 6.47. The van der Waals surface area contributed by atoms with Crippen LogP contribution in [0.2, 0.25) is 0 Å².